The van der Waals surface area contributed by atoms with Crippen LogP contribution in [0.15, 0.2) is 6.20 Å². The molecule has 72 valence electrons. The van der Waals surface area contributed by atoms with Gasteiger partial charge in [0.2, 0.25) is 0 Å². The van der Waals surface area contributed by atoms with Gasteiger partial charge in [-0.05, 0) is 12.8 Å². The minimum atomic E-state index is 0.495. The molecule has 0 unspecified atom stereocenters. The third kappa shape index (κ3) is 1.67. The van der Waals surface area contributed by atoms with Gasteiger partial charge in [0, 0.05) is 32.4 Å². The lowest BCUT2D eigenvalue weighted by molar-refractivity contribution is 0.0845. The summed E-state index contributed by atoms with van der Waals surface area (Å²) in [6, 6.07) is 0. The van der Waals surface area contributed by atoms with E-state index in [1.165, 1.54) is 0 Å². The van der Waals surface area contributed by atoms with E-state index >= 15 is 0 Å². The van der Waals surface area contributed by atoms with Crippen molar-refractivity contribution in [2.24, 2.45) is 7.05 Å². The third-order valence-electron chi connectivity index (χ3n) is 2.50. The molecule has 0 saturated carbocycles. The topological polar surface area (TPSA) is 53.1 Å². The standard InChI is InChI=1S/C9H15N3O/c1-12-6-8(10)9(11-12)7-2-4-13-5-3-7/h6-7H,2-5,10H2,1H3. The lowest BCUT2D eigenvalue weighted by Crippen LogP contribution is -2.15. The summed E-state index contributed by atoms with van der Waals surface area (Å²) < 4.78 is 7.07. The molecule has 2 heterocycles. The number of hydrogen-bond donors (Lipinski definition) is 1. The molecule has 1 aromatic rings. The van der Waals surface area contributed by atoms with Gasteiger partial charge in [-0.3, -0.25) is 4.68 Å². The van der Waals surface area contributed by atoms with Crippen LogP contribution < -0.4 is 5.73 Å². The molecule has 0 aromatic carbocycles. The molecule has 1 aliphatic heterocycles. The number of rotatable bonds is 1. The first-order valence-corrected chi connectivity index (χ1v) is 4.64. The van der Waals surface area contributed by atoms with Crippen molar-refractivity contribution in [2.75, 3.05) is 18.9 Å². The maximum atomic E-state index is 5.85. The Bertz CT molecular complexity index is 289. The second-order valence-corrected chi connectivity index (χ2v) is 3.53. The zero-order chi connectivity index (χ0) is 9.26. The lowest BCUT2D eigenvalue weighted by Gasteiger charge is -2.20. The highest BCUT2D eigenvalue weighted by Gasteiger charge is 2.20. The largest absolute Gasteiger partial charge is 0.396 e. The second-order valence-electron chi connectivity index (χ2n) is 3.53. The highest BCUT2D eigenvalue weighted by Crippen LogP contribution is 2.28. The number of hydrogen-bond acceptors (Lipinski definition) is 3. The van der Waals surface area contributed by atoms with Crippen molar-refractivity contribution < 1.29 is 4.74 Å². The minimum absolute atomic E-state index is 0.495. The fraction of sp³-hybridized carbons (Fsp3) is 0.667. The summed E-state index contributed by atoms with van der Waals surface area (Å²) in [7, 11) is 1.90. The van der Waals surface area contributed by atoms with E-state index in [4.69, 9.17) is 10.5 Å². The number of nitrogen functional groups attached to an aromatic ring is 1. The molecule has 0 amide bonds. The zero-order valence-electron chi connectivity index (χ0n) is 7.86. The summed E-state index contributed by atoms with van der Waals surface area (Å²) in [5, 5.41) is 4.37. The van der Waals surface area contributed by atoms with Gasteiger partial charge in [0.05, 0.1) is 11.4 Å². The Morgan fingerprint density at radius 1 is 1.54 bits per heavy atom. The summed E-state index contributed by atoms with van der Waals surface area (Å²) in [6.07, 6.45) is 3.95. The van der Waals surface area contributed by atoms with Gasteiger partial charge in [-0.2, -0.15) is 5.10 Å². The molecule has 1 saturated heterocycles. The molecule has 0 spiro atoms. The predicted molar refractivity (Wildman–Crippen MR) is 50.4 cm³/mol. The maximum absolute atomic E-state index is 5.85. The number of aryl methyl sites for hydroxylation is 1. The fourth-order valence-electron chi connectivity index (χ4n) is 1.81. The Labute approximate surface area is 77.7 Å². The van der Waals surface area contributed by atoms with Crippen LogP contribution in [-0.4, -0.2) is 23.0 Å². The first-order valence-electron chi connectivity index (χ1n) is 4.64. The second kappa shape index (κ2) is 3.38. The molecule has 0 bridgehead atoms. The van der Waals surface area contributed by atoms with Gasteiger partial charge in [-0.15, -0.1) is 0 Å². The number of aromatic nitrogens is 2. The molecule has 0 atom stereocenters. The Morgan fingerprint density at radius 2 is 2.23 bits per heavy atom. The van der Waals surface area contributed by atoms with E-state index in [1.807, 2.05) is 13.2 Å². The molecule has 0 radical (unpaired) electrons. The Kier molecular flexibility index (Phi) is 2.22. The molecule has 1 fully saturated rings. The van der Waals surface area contributed by atoms with Crippen molar-refractivity contribution in [3.63, 3.8) is 0 Å². The highest BCUT2D eigenvalue weighted by atomic mass is 16.5. The smallest absolute Gasteiger partial charge is 0.0886 e. The first kappa shape index (κ1) is 8.56. The molecule has 13 heavy (non-hydrogen) atoms. The number of nitrogens with two attached hydrogens (primary N) is 1. The van der Waals surface area contributed by atoms with E-state index in [-0.39, 0.29) is 0 Å². The SMILES string of the molecule is Cn1cc(N)c(C2CCOCC2)n1. The molecule has 1 aromatic heterocycles. The van der Waals surface area contributed by atoms with E-state index in [9.17, 15) is 0 Å². The summed E-state index contributed by atoms with van der Waals surface area (Å²) in [6.45, 7) is 1.67. The van der Waals surface area contributed by atoms with Gasteiger partial charge in [0.25, 0.3) is 0 Å². The molecule has 1 aliphatic rings. The van der Waals surface area contributed by atoms with Crippen LogP contribution in [0.1, 0.15) is 24.5 Å². The third-order valence-corrected chi connectivity index (χ3v) is 2.50. The van der Waals surface area contributed by atoms with Crippen LogP contribution in [0.4, 0.5) is 5.69 Å². The van der Waals surface area contributed by atoms with Crippen molar-refractivity contribution in [1.82, 2.24) is 9.78 Å². The summed E-state index contributed by atoms with van der Waals surface area (Å²) >= 11 is 0. The van der Waals surface area contributed by atoms with Gasteiger partial charge in [0.15, 0.2) is 0 Å². The lowest BCUT2D eigenvalue weighted by atomic mass is 9.96. The van der Waals surface area contributed by atoms with Crippen LogP contribution in [0.25, 0.3) is 0 Å². The Hall–Kier alpha value is -1.03. The number of ether oxygens (including phenoxy) is 1. The highest BCUT2D eigenvalue weighted by molar-refractivity contribution is 5.42. The monoisotopic (exact) mass is 181 g/mol. The van der Waals surface area contributed by atoms with Gasteiger partial charge in [0.1, 0.15) is 0 Å². The van der Waals surface area contributed by atoms with Gasteiger partial charge in [-0.25, -0.2) is 0 Å². The minimum Gasteiger partial charge on any atom is -0.396 e. The quantitative estimate of drug-likeness (QED) is 0.700. The normalized spacial score (nSPS) is 19.2. The predicted octanol–water partition coefficient (Wildman–Crippen LogP) is 0.896. The molecule has 2 rings (SSSR count). The van der Waals surface area contributed by atoms with E-state index in [2.05, 4.69) is 5.10 Å². The van der Waals surface area contributed by atoms with Crippen LogP contribution in [0.5, 0.6) is 0 Å². The molecular formula is C9H15N3O. The Morgan fingerprint density at radius 3 is 2.77 bits per heavy atom. The van der Waals surface area contributed by atoms with Crippen LogP contribution in [-0.2, 0) is 11.8 Å². The molecule has 2 N–H and O–H groups in total. The van der Waals surface area contributed by atoms with E-state index in [0.717, 1.165) is 37.4 Å². The van der Waals surface area contributed by atoms with Crippen LogP contribution in [0.2, 0.25) is 0 Å². The van der Waals surface area contributed by atoms with Crippen molar-refractivity contribution in [3.05, 3.63) is 11.9 Å². The number of nitrogens with zero attached hydrogens (tertiary/aromatic N) is 2. The Balaban J connectivity index is 2.18. The molecule has 4 nitrogen and oxygen atoms in total. The van der Waals surface area contributed by atoms with Crippen LogP contribution >= 0.6 is 0 Å². The van der Waals surface area contributed by atoms with Crippen molar-refractivity contribution >= 4 is 5.69 Å². The maximum Gasteiger partial charge on any atom is 0.0886 e. The average Bonchev–Trinajstić information content (AvgIpc) is 2.47. The van der Waals surface area contributed by atoms with Crippen LogP contribution in [0.3, 0.4) is 0 Å². The average molecular weight is 181 g/mol. The first-order chi connectivity index (χ1) is 6.27. The van der Waals surface area contributed by atoms with E-state index < -0.39 is 0 Å². The number of anilines is 1. The van der Waals surface area contributed by atoms with Crippen molar-refractivity contribution in [3.8, 4) is 0 Å². The zero-order valence-corrected chi connectivity index (χ0v) is 7.86. The van der Waals surface area contributed by atoms with Crippen molar-refractivity contribution in [1.29, 1.82) is 0 Å². The van der Waals surface area contributed by atoms with Gasteiger partial charge in [-0.1, -0.05) is 0 Å². The summed E-state index contributed by atoms with van der Waals surface area (Å²) in [5.74, 6) is 0.495. The molecule has 0 aliphatic carbocycles. The molecular weight excluding hydrogens is 166 g/mol. The molecule has 4 heteroatoms. The summed E-state index contributed by atoms with van der Waals surface area (Å²) in [4.78, 5) is 0. The van der Waals surface area contributed by atoms with E-state index in [0.29, 0.717) is 5.92 Å². The summed E-state index contributed by atoms with van der Waals surface area (Å²) in [5.41, 5.74) is 7.71. The van der Waals surface area contributed by atoms with Gasteiger partial charge < -0.3 is 10.5 Å². The fourth-order valence-corrected chi connectivity index (χ4v) is 1.81. The van der Waals surface area contributed by atoms with Gasteiger partial charge >= 0.3 is 0 Å². The van der Waals surface area contributed by atoms with E-state index in [1.54, 1.807) is 4.68 Å². The van der Waals surface area contributed by atoms with Crippen molar-refractivity contribution in [2.45, 2.75) is 18.8 Å². The van der Waals surface area contributed by atoms with Crippen LogP contribution in [0, 0.1) is 0 Å².